The molecule has 0 aromatic carbocycles. The Morgan fingerprint density at radius 1 is 1.02 bits per heavy atom. The third kappa shape index (κ3) is 7.49. The fourth-order valence-corrected chi connectivity index (χ4v) is 4.35. The number of hydrogen-bond acceptors (Lipinski definition) is 10. The maximum atomic E-state index is 14.5. The summed E-state index contributed by atoms with van der Waals surface area (Å²) in [6.45, 7) is 9.19. The lowest BCUT2D eigenvalue weighted by Gasteiger charge is -2.33. The van der Waals surface area contributed by atoms with Crippen LogP contribution in [0.15, 0.2) is 24.7 Å². The third-order valence-corrected chi connectivity index (χ3v) is 6.14. The van der Waals surface area contributed by atoms with Gasteiger partial charge in [-0.1, -0.05) is 0 Å². The first-order valence-electron chi connectivity index (χ1n) is 13.4. The van der Waals surface area contributed by atoms with Crippen LogP contribution in [0.5, 0.6) is 11.8 Å². The van der Waals surface area contributed by atoms with E-state index >= 15 is 0 Å². The van der Waals surface area contributed by atoms with E-state index in [1.165, 1.54) is 41.5 Å². The largest absolute Gasteiger partial charge is 0.443 e. The SMILES string of the molecule is CC(C)(C)OC(=O)N(C(=O)OC(C)(C)C)c1ncnc2c1c(Oc1cc(C(F)(F)F)ccn1)nn2C1CC(F)(F)CCC1O. The fraction of sp³-hybridized carbons (Fsp3) is 0.556. The third-order valence-electron chi connectivity index (χ3n) is 6.14. The Bertz CT molecular complexity index is 1520. The summed E-state index contributed by atoms with van der Waals surface area (Å²) in [7, 11) is 0. The van der Waals surface area contributed by atoms with Gasteiger partial charge in [-0.25, -0.2) is 38.0 Å². The van der Waals surface area contributed by atoms with Crippen LogP contribution in [0.4, 0.5) is 37.4 Å². The number of fused-ring (bicyclic) bond motifs is 1. The van der Waals surface area contributed by atoms with Crippen molar-refractivity contribution in [1.82, 2.24) is 24.7 Å². The van der Waals surface area contributed by atoms with Crippen LogP contribution in [-0.4, -0.2) is 65.3 Å². The van der Waals surface area contributed by atoms with Gasteiger partial charge in [0.2, 0.25) is 11.8 Å². The number of imide groups is 1. The Kier molecular flexibility index (Phi) is 8.49. The minimum Gasteiger partial charge on any atom is -0.443 e. The zero-order chi connectivity index (χ0) is 32.8. The van der Waals surface area contributed by atoms with E-state index in [0.717, 1.165) is 17.2 Å². The van der Waals surface area contributed by atoms with Gasteiger partial charge in [0.15, 0.2) is 11.5 Å². The van der Waals surface area contributed by atoms with Crippen molar-refractivity contribution in [3.63, 3.8) is 0 Å². The highest BCUT2D eigenvalue weighted by molar-refractivity contribution is 6.14. The lowest BCUT2D eigenvalue weighted by Crippen LogP contribution is -2.44. The number of aromatic nitrogens is 5. The molecule has 1 fully saturated rings. The van der Waals surface area contributed by atoms with E-state index in [1.54, 1.807) is 0 Å². The number of nitrogens with zero attached hydrogens (tertiary/aromatic N) is 6. The van der Waals surface area contributed by atoms with Crippen molar-refractivity contribution in [2.24, 2.45) is 0 Å². The molecule has 0 saturated heterocycles. The number of rotatable bonds is 4. The van der Waals surface area contributed by atoms with E-state index in [9.17, 15) is 36.6 Å². The summed E-state index contributed by atoms with van der Waals surface area (Å²) >= 11 is 0. The van der Waals surface area contributed by atoms with Crippen LogP contribution in [0, 0.1) is 0 Å². The quantitative estimate of drug-likeness (QED) is 0.321. The molecule has 2 unspecified atom stereocenters. The molecule has 44 heavy (non-hydrogen) atoms. The van der Waals surface area contributed by atoms with Crippen molar-refractivity contribution in [3.8, 4) is 11.8 Å². The molecular formula is C27H31F5N6O6. The number of alkyl halides is 5. The minimum absolute atomic E-state index is 0.282. The number of ether oxygens (including phenoxy) is 3. The van der Waals surface area contributed by atoms with Gasteiger partial charge in [-0.2, -0.15) is 18.1 Å². The number of anilines is 1. The first-order valence-corrected chi connectivity index (χ1v) is 13.4. The minimum atomic E-state index is -4.77. The maximum Gasteiger partial charge on any atom is 0.425 e. The molecular weight excluding hydrogens is 599 g/mol. The monoisotopic (exact) mass is 630 g/mol. The van der Waals surface area contributed by atoms with Crippen LogP contribution >= 0.6 is 0 Å². The number of halogens is 5. The molecule has 2 atom stereocenters. The highest BCUT2D eigenvalue weighted by Crippen LogP contribution is 2.43. The molecule has 240 valence electrons. The molecule has 0 bridgehead atoms. The van der Waals surface area contributed by atoms with Gasteiger partial charge < -0.3 is 19.3 Å². The summed E-state index contributed by atoms with van der Waals surface area (Å²) in [5, 5.41) is 14.5. The second kappa shape index (κ2) is 11.4. The number of aliphatic hydroxyl groups excluding tert-OH is 1. The van der Waals surface area contributed by atoms with Gasteiger partial charge in [0.1, 0.15) is 22.9 Å². The Hall–Kier alpha value is -4.15. The summed E-state index contributed by atoms with van der Waals surface area (Å²) in [6.07, 6.45) is -8.64. The Balaban J connectivity index is 1.97. The normalized spacial score (nSPS) is 19.0. The topological polar surface area (TPSA) is 142 Å². The molecule has 17 heteroatoms. The van der Waals surface area contributed by atoms with Gasteiger partial charge in [0.25, 0.3) is 5.88 Å². The number of amides is 2. The number of carbonyl (C=O) groups is 2. The van der Waals surface area contributed by atoms with Gasteiger partial charge >= 0.3 is 18.4 Å². The van der Waals surface area contributed by atoms with E-state index in [-0.39, 0.29) is 17.5 Å². The lowest BCUT2D eigenvalue weighted by molar-refractivity contribution is -0.137. The molecule has 3 aromatic heterocycles. The number of pyridine rings is 1. The van der Waals surface area contributed by atoms with Crippen LogP contribution in [0.1, 0.15) is 72.4 Å². The van der Waals surface area contributed by atoms with Gasteiger partial charge in [-0.15, -0.1) is 5.10 Å². The van der Waals surface area contributed by atoms with Crippen molar-refractivity contribution < 1.29 is 50.9 Å². The number of carbonyl (C=O) groups excluding carboxylic acids is 2. The predicted molar refractivity (Wildman–Crippen MR) is 143 cm³/mol. The van der Waals surface area contributed by atoms with Gasteiger partial charge in [0.05, 0.1) is 17.7 Å². The summed E-state index contributed by atoms with van der Waals surface area (Å²) < 4.78 is 86.5. The molecule has 0 spiro atoms. The smallest absolute Gasteiger partial charge is 0.425 e. The van der Waals surface area contributed by atoms with Crippen LogP contribution in [0.3, 0.4) is 0 Å². The molecule has 0 radical (unpaired) electrons. The molecule has 2 amide bonds. The Morgan fingerprint density at radius 3 is 2.20 bits per heavy atom. The van der Waals surface area contributed by atoms with Gasteiger partial charge in [-0.3, -0.25) is 0 Å². The second-order valence-electron chi connectivity index (χ2n) is 12.2. The van der Waals surface area contributed by atoms with E-state index in [1.807, 2.05) is 0 Å². The first kappa shape index (κ1) is 32.8. The van der Waals surface area contributed by atoms with Gasteiger partial charge in [0, 0.05) is 25.1 Å². The molecule has 1 N–H and O–H groups in total. The highest BCUT2D eigenvalue weighted by atomic mass is 19.4. The van der Waals surface area contributed by atoms with Crippen molar-refractivity contribution in [2.75, 3.05) is 4.90 Å². The van der Waals surface area contributed by atoms with Crippen molar-refractivity contribution in [3.05, 3.63) is 30.2 Å². The summed E-state index contributed by atoms with van der Waals surface area (Å²) in [5.74, 6) is -4.94. The summed E-state index contributed by atoms with van der Waals surface area (Å²) in [5.41, 5.74) is -3.63. The summed E-state index contributed by atoms with van der Waals surface area (Å²) in [6, 6.07) is -0.115. The van der Waals surface area contributed by atoms with E-state index in [0.29, 0.717) is 17.0 Å². The van der Waals surface area contributed by atoms with Crippen molar-refractivity contribution in [2.45, 2.75) is 96.3 Å². The average molecular weight is 631 g/mol. The predicted octanol–water partition coefficient (Wildman–Crippen LogP) is 6.43. The van der Waals surface area contributed by atoms with Gasteiger partial charge in [-0.05, 0) is 54.0 Å². The number of aliphatic hydroxyl groups is 1. The molecule has 12 nitrogen and oxygen atoms in total. The van der Waals surface area contributed by atoms with Crippen LogP contribution in [0.25, 0.3) is 11.0 Å². The molecule has 3 heterocycles. The molecule has 4 rings (SSSR count). The molecule has 0 aliphatic heterocycles. The highest BCUT2D eigenvalue weighted by Gasteiger charge is 2.44. The van der Waals surface area contributed by atoms with E-state index < -0.39 is 83.6 Å². The molecule has 1 saturated carbocycles. The molecule has 1 aliphatic carbocycles. The van der Waals surface area contributed by atoms with Crippen LogP contribution in [0.2, 0.25) is 0 Å². The van der Waals surface area contributed by atoms with Crippen LogP contribution < -0.4 is 9.64 Å². The number of hydrogen-bond donors (Lipinski definition) is 1. The standard InChI is InChI=1S/C27H31F5N6O6/c1-24(2,3)43-22(40)37(23(41)44-25(4,5)6)19-18-20(35-13-34-19)38(15-12-26(28,29)9-7-16(15)39)36-21(18)42-17-11-14(8-10-33-17)27(30,31)32/h8,10-11,13,15-16,39H,7,9,12H2,1-6H3. The zero-order valence-electron chi connectivity index (χ0n) is 24.6. The van der Waals surface area contributed by atoms with Crippen molar-refractivity contribution >= 4 is 29.0 Å². The first-order chi connectivity index (χ1) is 20.2. The Labute approximate surface area is 248 Å². The summed E-state index contributed by atoms with van der Waals surface area (Å²) in [4.78, 5) is 39.1. The van der Waals surface area contributed by atoms with Crippen molar-refractivity contribution in [1.29, 1.82) is 0 Å². The lowest BCUT2D eigenvalue weighted by atomic mass is 9.89. The second-order valence-corrected chi connectivity index (χ2v) is 12.2. The van der Waals surface area contributed by atoms with E-state index in [2.05, 4.69) is 20.1 Å². The Morgan fingerprint density at radius 2 is 1.64 bits per heavy atom. The zero-order valence-corrected chi connectivity index (χ0v) is 24.6. The molecule has 3 aromatic rings. The maximum absolute atomic E-state index is 14.5. The fourth-order valence-electron chi connectivity index (χ4n) is 4.35. The van der Waals surface area contributed by atoms with Crippen LogP contribution in [-0.2, 0) is 15.7 Å². The molecule has 1 aliphatic rings. The van der Waals surface area contributed by atoms with E-state index in [4.69, 9.17) is 14.2 Å². The average Bonchev–Trinajstić information content (AvgIpc) is 3.22.